The number of benzene rings is 1. The number of nitrogen functional groups attached to an aromatic ring is 1. The van der Waals surface area contributed by atoms with Crippen LogP contribution in [0.2, 0.25) is 5.02 Å². The van der Waals surface area contributed by atoms with E-state index < -0.39 is 12.1 Å². The molecule has 0 aliphatic heterocycles. The van der Waals surface area contributed by atoms with Gasteiger partial charge in [0.05, 0.1) is 5.56 Å². The van der Waals surface area contributed by atoms with Crippen molar-refractivity contribution in [3.63, 3.8) is 0 Å². The monoisotopic (exact) mass is 284 g/mol. The van der Waals surface area contributed by atoms with Crippen LogP contribution in [0.25, 0.3) is 0 Å². The third-order valence-electron chi connectivity index (χ3n) is 2.32. The molecule has 1 amide bonds. The van der Waals surface area contributed by atoms with Gasteiger partial charge in [-0.1, -0.05) is 11.6 Å². The summed E-state index contributed by atoms with van der Waals surface area (Å²) in [5, 5.41) is 3.08. The van der Waals surface area contributed by atoms with E-state index in [4.69, 9.17) is 22.1 Å². The van der Waals surface area contributed by atoms with Crippen LogP contribution >= 0.6 is 11.6 Å². The number of halogens is 1. The summed E-state index contributed by atoms with van der Waals surface area (Å²) in [6.45, 7) is 5.15. The first-order chi connectivity index (χ1) is 8.81. The number of anilines is 1. The SMILES string of the molecule is CC(C)NC(=O)[C@@H](C)OC(=O)c1ccc(Cl)cc1N. The van der Waals surface area contributed by atoms with E-state index in [-0.39, 0.29) is 23.2 Å². The predicted molar refractivity (Wildman–Crippen MR) is 74.0 cm³/mol. The maximum Gasteiger partial charge on any atom is 0.341 e. The number of nitrogens with one attached hydrogen (secondary N) is 1. The van der Waals surface area contributed by atoms with Crippen molar-refractivity contribution in [1.29, 1.82) is 0 Å². The number of amides is 1. The first-order valence-electron chi connectivity index (χ1n) is 5.87. The normalized spacial score (nSPS) is 12.1. The minimum atomic E-state index is -0.884. The third kappa shape index (κ3) is 4.44. The molecular formula is C13H17ClN2O3. The van der Waals surface area contributed by atoms with Crippen LogP contribution in [0.3, 0.4) is 0 Å². The molecule has 0 heterocycles. The molecule has 5 nitrogen and oxygen atoms in total. The summed E-state index contributed by atoms with van der Waals surface area (Å²) in [4.78, 5) is 23.5. The van der Waals surface area contributed by atoms with E-state index in [0.717, 1.165) is 0 Å². The van der Waals surface area contributed by atoms with Crippen LogP contribution < -0.4 is 11.1 Å². The number of hydrogen-bond acceptors (Lipinski definition) is 4. The molecule has 1 atom stereocenters. The number of rotatable bonds is 4. The van der Waals surface area contributed by atoms with Crippen molar-refractivity contribution in [2.45, 2.75) is 32.9 Å². The van der Waals surface area contributed by atoms with Crippen molar-refractivity contribution < 1.29 is 14.3 Å². The molecule has 0 aliphatic rings. The Balaban J connectivity index is 2.71. The van der Waals surface area contributed by atoms with E-state index in [2.05, 4.69) is 5.32 Å². The van der Waals surface area contributed by atoms with Crippen LogP contribution in [0.15, 0.2) is 18.2 Å². The summed E-state index contributed by atoms with van der Waals surface area (Å²) >= 11 is 5.74. The highest BCUT2D eigenvalue weighted by atomic mass is 35.5. The van der Waals surface area contributed by atoms with Gasteiger partial charge in [-0.3, -0.25) is 4.79 Å². The van der Waals surface area contributed by atoms with Crippen LogP contribution in [-0.4, -0.2) is 24.0 Å². The quantitative estimate of drug-likeness (QED) is 0.654. The molecule has 0 fully saturated rings. The fraction of sp³-hybridized carbons (Fsp3) is 0.385. The van der Waals surface area contributed by atoms with Gasteiger partial charge in [-0.15, -0.1) is 0 Å². The summed E-state index contributed by atoms with van der Waals surface area (Å²) in [7, 11) is 0. The molecule has 1 rings (SSSR count). The second-order valence-electron chi connectivity index (χ2n) is 4.44. The second kappa shape index (κ2) is 6.43. The minimum absolute atomic E-state index is 0.0192. The van der Waals surface area contributed by atoms with Gasteiger partial charge in [0.15, 0.2) is 6.10 Å². The first kappa shape index (κ1) is 15.3. The van der Waals surface area contributed by atoms with Crippen molar-refractivity contribution in [2.24, 2.45) is 0 Å². The predicted octanol–water partition coefficient (Wildman–Crippen LogP) is 1.99. The van der Waals surface area contributed by atoms with Crippen LogP contribution in [0.5, 0.6) is 0 Å². The Morgan fingerprint density at radius 3 is 2.47 bits per heavy atom. The molecule has 19 heavy (non-hydrogen) atoms. The molecular weight excluding hydrogens is 268 g/mol. The lowest BCUT2D eigenvalue weighted by Crippen LogP contribution is -2.39. The molecule has 104 valence electrons. The Morgan fingerprint density at radius 2 is 1.95 bits per heavy atom. The van der Waals surface area contributed by atoms with Crippen molar-refractivity contribution in [1.82, 2.24) is 5.32 Å². The second-order valence-corrected chi connectivity index (χ2v) is 4.88. The Kier molecular flexibility index (Phi) is 5.18. The maximum atomic E-state index is 11.9. The van der Waals surface area contributed by atoms with Gasteiger partial charge in [0.1, 0.15) is 0 Å². The van der Waals surface area contributed by atoms with Crippen LogP contribution in [0.1, 0.15) is 31.1 Å². The lowest BCUT2D eigenvalue weighted by molar-refractivity contribution is -0.129. The maximum absolute atomic E-state index is 11.9. The molecule has 0 saturated carbocycles. The summed E-state index contributed by atoms with van der Waals surface area (Å²) in [5.41, 5.74) is 6.07. The number of esters is 1. The Labute approximate surface area is 117 Å². The van der Waals surface area contributed by atoms with Gasteiger partial charge in [0.2, 0.25) is 0 Å². The average molecular weight is 285 g/mol. The fourth-order valence-electron chi connectivity index (χ4n) is 1.40. The molecule has 0 unspecified atom stereocenters. The largest absolute Gasteiger partial charge is 0.449 e. The number of hydrogen-bond donors (Lipinski definition) is 2. The van der Waals surface area contributed by atoms with Gasteiger partial charge >= 0.3 is 5.97 Å². The zero-order valence-electron chi connectivity index (χ0n) is 11.1. The van der Waals surface area contributed by atoms with Crippen molar-refractivity contribution in [3.05, 3.63) is 28.8 Å². The standard InChI is InChI=1S/C13H17ClN2O3/c1-7(2)16-12(17)8(3)19-13(18)10-5-4-9(14)6-11(10)15/h4-8H,15H2,1-3H3,(H,16,17)/t8-/m1/s1. The van der Waals surface area contributed by atoms with E-state index in [1.165, 1.54) is 25.1 Å². The van der Waals surface area contributed by atoms with E-state index in [9.17, 15) is 9.59 Å². The highest BCUT2D eigenvalue weighted by Crippen LogP contribution is 2.19. The van der Waals surface area contributed by atoms with E-state index in [1.54, 1.807) is 0 Å². The van der Waals surface area contributed by atoms with Gasteiger partial charge in [-0.25, -0.2) is 4.79 Å². The van der Waals surface area contributed by atoms with Crippen LogP contribution in [0.4, 0.5) is 5.69 Å². The molecule has 0 aromatic heterocycles. The average Bonchev–Trinajstić information content (AvgIpc) is 2.27. The van der Waals surface area contributed by atoms with Gasteiger partial charge < -0.3 is 15.8 Å². The van der Waals surface area contributed by atoms with Crippen molar-refractivity contribution >= 4 is 29.2 Å². The smallest absolute Gasteiger partial charge is 0.341 e. The van der Waals surface area contributed by atoms with E-state index >= 15 is 0 Å². The zero-order chi connectivity index (χ0) is 14.6. The molecule has 3 N–H and O–H groups in total. The molecule has 6 heteroatoms. The first-order valence-corrected chi connectivity index (χ1v) is 6.25. The molecule has 0 spiro atoms. The highest BCUT2D eigenvalue weighted by molar-refractivity contribution is 6.31. The Morgan fingerprint density at radius 1 is 1.32 bits per heavy atom. The topological polar surface area (TPSA) is 81.4 Å². The molecule has 1 aromatic carbocycles. The van der Waals surface area contributed by atoms with Crippen LogP contribution in [0, 0.1) is 0 Å². The Hall–Kier alpha value is -1.75. The number of nitrogens with two attached hydrogens (primary N) is 1. The summed E-state index contributed by atoms with van der Waals surface area (Å²) in [6.07, 6.45) is -0.884. The van der Waals surface area contributed by atoms with Gasteiger partial charge in [-0.05, 0) is 39.0 Å². The molecule has 0 saturated heterocycles. The lowest BCUT2D eigenvalue weighted by atomic mass is 10.2. The van der Waals surface area contributed by atoms with Gasteiger partial charge in [0, 0.05) is 16.8 Å². The zero-order valence-corrected chi connectivity index (χ0v) is 11.8. The molecule has 0 aliphatic carbocycles. The molecule has 1 aromatic rings. The van der Waals surface area contributed by atoms with Crippen molar-refractivity contribution in [3.8, 4) is 0 Å². The Bertz CT molecular complexity index is 489. The summed E-state index contributed by atoms with van der Waals surface area (Å²) in [6, 6.07) is 4.44. The van der Waals surface area contributed by atoms with E-state index in [0.29, 0.717) is 5.02 Å². The van der Waals surface area contributed by atoms with Crippen molar-refractivity contribution in [2.75, 3.05) is 5.73 Å². The lowest BCUT2D eigenvalue weighted by Gasteiger charge is -2.15. The highest BCUT2D eigenvalue weighted by Gasteiger charge is 2.20. The van der Waals surface area contributed by atoms with Gasteiger partial charge in [0.25, 0.3) is 5.91 Å². The number of carbonyl (C=O) groups excluding carboxylic acids is 2. The minimum Gasteiger partial charge on any atom is -0.449 e. The number of ether oxygens (including phenoxy) is 1. The third-order valence-corrected chi connectivity index (χ3v) is 2.55. The summed E-state index contributed by atoms with van der Waals surface area (Å²) in [5.74, 6) is -1.00. The fourth-order valence-corrected chi connectivity index (χ4v) is 1.58. The van der Waals surface area contributed by atoms with Gasteiger partial charge in [-0.2, -0.15) is 0 Å². The molecule has 0 radical (unpaired) electrons. The number of carbonyl (C=O) groups is 2. The van der Waals surface area contributed by atoms with E-state index in [1.807, 2.05) is 13.8 Å². The molecule has 0 bridgehead atoms. The summed E-state index contributed by atoms with van der Waals surface area (Å²) < 4.78 is 5.05. The van der Waals surface area contributed by atoms with Crippen LogP contribution in [-0.2, 0) is 9.53 Å².